The molecule has 0 radical (unpaired) electrons. The zero-order valence-corrected chi connectivity index (χ0v) is 13.9. The van der Waals surface area contributed by atoms with E-state index in [-0.39, 0.29) is 0 Å². The van der Waals surface area contributed by atoms with Crippen LogP contribution in [0.5, 0.6) is 5.75 Å². The van der Waals surface area contributed by atoms with E-state index in [0.717, 1.165) is 31.2 Å². The van der Waals surface area contributed by atoms with Gasteiger partial charge in [-0.15, -0.1) is 0 Å². The minimum Gasteiger partial charge on any atom is -0.507 e. The smallest absolute Gasteiger partial charge is 0.122 e. The first-order chi connectivity index (χ1) is 9.65. The molecule has 0 fully saturated rings. The third kappa shape index (κ3) is 4.54. The molecule has 1 aromatic rings. The highest BCUT2D eigenvalue weighted by Crippen LogP contribution is 2.32. The summed E-state index contributed by atoms with van der Waals surface area (Å²) in [6, 6.07) is 2.23. The molecule has 0 saturated heterocycles. The standard InChI is InChI=1S/C19H32O/c1-5-8-11-16-14-15(4)17(12-9-6-2)18(19(16)20)13-10-7-3/h14,20H,5-13H2,1-4H3. The molecule has 0 unspecified atom stereocenters. The van der Waals surface area contributed by atoms with Crippen molar-refractivity contribution in [3.63, 3.8) is 0 Å². The van der Waals surface area contributed by atoms with Crippen molar-refractivity contribution in [2.75, 3.05) is 0 Å². The maximum Gasteiger partial charge on any atom is 0.122 e. The molecule has 0 aliphatic carbocycles. The van der Waals surface area contributed by atoms with Crippen molar-refractivity contribution < 1.29 is 5.11 Å². The summed E-state index contributed by atoms with van der Waals surface area (Å²) in [7, 11) is 0. The summed E-state index contributed by atoms with van der Waals surface area (Å²) in [5, 5.41) is 10.6. The van der Waals surface area contributed by atoms with E-state index in [9.17, 15) is 5.11 Å². The second-order valence-electron chi connectivity index (χ2n) is 5.97. The summed E-state index contributed by atoms with van der Waals surface area (Å²) in [4.78, 5) is 0. The second kappa shape index (κ2) is 9.05. The van der Waals surface area contributed by atoms with Crippen molar-refractivity contribution >= 4 is 0 Å². The van der Waals surface area contributed by atoms with Crippen LogP contribution < -0.4 is 0 Å². The number of hydrogen-bond donors (Lipinski definition) is 1. The van der Waals surface area contributed by atoms with Gasteiger partial charge in [0.2, 0.25) is 0 Å². The van der Waals surface area contributed by atoms with E-state index in [1.807, 2.05) is 0 Å². The van der Waals surface area contributed by atoms with Crippen molar-refractivity contribution in [2.24, 2.45) is 0 Å². The van der Waals surface area contributed by atoms with Gasteiger partial charge in [0.15, 0.2) is 0 Å². The molecule has 114 valence electrons. The number of phenolic OH excluding ortho intramolecular Hbond substituents is 1. The Kier molecular flexibility index (Phi) is 7.72. The Morgan fingerprint density at radius 1 is 0.800 bits per heavy atom. The maximum absolute atomic E-state index is 10.6. The maximum atomic E-state index is 10.6. The lowest BCUT2D eigenvalue weighted by atomic mass is 9.89. The van der Waals surface area contributed by atoms with Gasteiger partial charge in [-0.1, -0.05) is 46.1 Å². The van der Waals surface area contributed by atoms with Crippen LogP contribution >= 0.6 is 0 Å². The zero-order chi connectivity index (χ0) is 15.0. The average molecular weight is 276 g/mol. The van der Waals surface area contributed by atoms with Crippen molar-refractivity contribution in [3.8, 4) is 5.75 Å². The van der Waals surface area contributed by atoms with Gasteiger partial charge in [0, 0.05) is 0 Å². The molecule has 0 bridgehead atoms. The molecule has 0 saturated carbocycles. The highest BCUT2D eigenvalue weighted by molar-refractivity contribution is 5.50. The quantitative estimate of drug-likeness (QED) is 0.611. The van der Waals surface area contributed by atoms with Gasteiger partial charge in [-0.25, -0.2) is 0 Å². The van der Waals surface area contributed by atoms with Gasteiger partial charge in [0.1, 0.15) is 5.75 Å². The minimum absolute atomic E-state index is 0.601. The van der Waals surface area contributed by atoms with E-state index in [4.69, 9.17) is 0 Å². The Balaban J connectivity index is 3.11. The number of aryl methyl sites for hydroxylation is 2. The molecule has 1 rings (SSSR count). The molecule has 0 atom stereocenters. The van der Waals surface area contributed by atoms with E-state index in [0.29, 0.717) is 5.75 Å². The third-order valence-corrected chi connectivity index (χ3v) is 4.18. The summed E-state index contributed by atoms with van der Waals surface area (Å²) >= 11 is 0. The molecule has 0 heterocycles. The first-order valence-electron chi connectivity index (χ1n) is 8.48. The van der Waals surface area contributed by atoms with Crippen LogP contribution in [0.15, 0.2) is 6.07 Å². The molecule has 1 N–H and O–H groups in total. The number of rotatable bonds is 9. The van der Waals surface area contributed by atoms with Crippen molar-refractivity contribution in [3.05, 3.63) is 28.3 Å². The number of benzene rings is 1. The van der Waals surface area contributed by atoms with Crippen molar-refractivity contribution in [1.82, 2.24) is 0 Å². The van der Waals surface area contributed by atoms with E-state index >= 15 is 0 Å². The fraction of sp³-hybridized carbons (Fsp3) is 0.684. The molecular weight excluding hydrogens is 244 g/mol. The third-order valence-electron chi connectivity index (χ3n) is 4.18. The van der Waals surface area contributed by atoms with Crippen LogP contribution in [0.3, 0.4) is 0 Å². The molecule has 0 aliphatic heterocycles. The van der Waals surface area contributed by atoms with Crippen LogP contribution in [-0.2, 0) is 19.3 Å². The van der Waals surface area contributed by atoms with Crippen LogP contribution in [0, 0.1) is 6.92 Å². The fourth-order valence-corrected chi connectivity index (χ4v) is 2.87. The number of aromatic hydroxyl groups is 1. The van der Waals surface area contributed by atoms with Crippen molar-refractivity contribution in [2.45, 2.75) is 85.5 Å². The summed E-state index contributed by atoms with van der Waals surface area (Å²) < 4.78 is 0. The van der Waals surface area contributed by atoms with E-state index in [1.54, 1.807) is 0 Å². The molecule has 0 aromatic heterocycles. The first-order valence-corrected chi connectivity index (χ1v) is 8.48. The molecule has 1 nitrogen and oxygen atoms in total. The van der Waals surface area contributed by atoms with Gasteiger partial charge < -0.3 is 5.11 Å². The van der Waals surface area contributed by atoms with Gasteiger partial charge in [0.05, 0.1) is 0 Å². The highest BCUT2D eigenvalue weighted by atomic mass is 16.3. The summed E-state index contributed by atoms with van der Waals surface area (Å²) in [5.41, 5.74) is 5.20. The monoisotopic (exact) mass is 276 g/mol. The molecule has 1 heteroatoms. The van der Waals surface area contributed by atoms with Crippen LogP contribution in [0.2, 0.25) is 0 Å². The molecule has 0 spiro atoms. The van der Waals surface area contributed by atoms with Crippen LogP contribution in [0.25, 0.3) is 0 Å². The lowest BCUT2D eigenvalue weighted by molar-refractivity contribution is 0.456. The lowest BCUT2D eigenvalue weighted by Gasteiger charge is -2.18. The molecule has 1 aromatic carbocycles. The Labute approximate surface area is 125 Å². The fourth-order valence-electron chi connectivity index (χ4n) is 2.87. The van der Waals surface area contributed by atoms with Gasteiger partial charge >= 0.3 is 0 Å². The van der Waals surface area contributed by atoms with E-state index in [2.05, 4.69) is 33.8 Å². The Morgan fingerprint density at radius 3 is 1.85 bits per heavy atom. The summed E-state index contributed by atoms with van der Waals surface area (Å²) in [6.07, 6.45) is 10.3. The van der Waals surface area contributed by atoms with Crippen LogP contribution in [0.1, 0.15) is 81.5 Å². The zero-order valence-electron chi connectivity index (χ0n) is 13.9. The predicted molar refractivity (Wildman–Crippen MR) is 88.7 cm³/mol. The molecular formula is C19H32O. The van der Waals surface area contributed by atoms with Gasteiger partial charge in [0.25, 0.3) is 0 Å². The van der Waals surface area contributed by atoms with Gasteiger partial charge in [-0.3, -0.25) is 0 Å². The largest absolute Gasteiger partial charge is 0.507 e. The normalized spacial score (nSPS) is 11.0. The predicted octanol–water partition coefficient (Wildman–Crippen LogP) is 5.73. The van der Waals surface area contributed by atoms with Crippen LogP contribution in [-0.4, -0.2) is 5.11 Å². The van der Waals surface area contributed by atoms with Crippen LogP contribution in [0.4, 0.5) is 0 Å². The number of unbranched alkanes of at least 4 members (excludes halogenated alkanes) is 3. The molecule has 20 heavy (non-hydrogen) atoms. The number of hydrogen-bond acceptors (Lipinski definition) is 1. The highest BCUT2D eigenvalue weighted by Gasteiger charge is 2.14. The molecule has 0 amide bonds. The molecule has 0 aliphatic rings. The number of phenols is 1. The van der Waals surface area contributed by atoms with Gasteiger partial charge in [-0.05, 0) is 67.7 Å². The Morgan fingerprint density at radius 2 is 1.30 bits per heavy atom. The van der Waals surface area contributed by atoms with Crippen molar-refractivity contribution in [1.29, 1.82) is 0 Å². The SMILES string of the molecule is CCCCc1cc(C)c(CCCC)c(CCCC)c1O. The van der Waals surface area contributed by atoms with E-state index < -0.39 is 0 Å². The lowest BCUT2D eigenvalue weighted by Crippen LogP contribution is -2.02. The Bertz CT molecular complexity index is 407. The average Bonchev–Trinajstić information content (AvgIpc) is 2.45. The minimum atomic E-state index is 0.601. The summed E-state index contributed by atoms with van der Waals surface area (Å²) in [5.74, 6) is 0.601. The Hall–Kier alpha value is -0.980. The summed E-state index contributed by atoms with van der Waals surface area (Å²) in [6.45, 7) is 8.87. The van der Waals surface area contributed by atoms with E-state index in [1.165, 1.54) is 48.8 Å². The second-order valence-corrected chi connectivity index (χ2v) is 5.97. The first kappa shape index (κ1) is 17.1. The topological polar surface area (TPSA) is 20.2 Å². The van der Waals surface area contributed by atoms with Gasteiger partial charge in [-0.2, -0.15) is 0 Å².